The number of sulfone groups is 1. The molecule has 0 saturated heterocycles. The van der Waals surface area contributed by atoms with Crippen LogP contribution in [-0.4, -0.2) is 18.3 Å². The third kappa shape index (κ3) is 3.12. The molecule has 0 aliphatic heterocycles. The Morgan fingerprint density at radius 2 is 1.65 bits per heavy atom. The quantitative estimate of drug-likeness (QED) is 0.469. The van der Waals surface area contributed by atoms with Crippen molar-refractivity contribution in [2.24, 2.45) is 0 Å². The molecule has 8 nitrogen and oxygen atoms in total. The first-order chi connectivity index (χ1) is 10.6. The third-order valence-electron chi connectivity index (χ3n) is 2.84. The molecule has 0 spiro atoms. The average Bonchev–Trinajstić information content (AvgIpc) is 2.47. The molecule has 0 atom stereocenters. The summed E-state index contributed by atoms with van der Waals surface area (Å²) in [6, 6.07) is 4.72. The predicted molar refractivity (Wildman–Crippen MR) is 76.6 cm³/mol. The standard InChI is InChI=1S/C12H6ClFN2O6S/c13-9-3-1-7(15(17)18)5-12(9)23(21,22)8-2-4-10(14)11(6-8)16(19)20/h1-6H. The maximum absolute atomic E-state index is 13.3. The van der Waals surface area contributed by atoms with Gasteiger partial charge in [-0.25, -0.2) is 8.42 Å². The SMILES string of the molecule is O=[N+]([O-])c1ccc(Cl)c(S(=O)(=O)c2ccc(F)c([N+](=O)[O-])c2)c1. The van der Waals surface area contributed by atoms with Crippen molar-refractivity contribution < 1.29 is 22.7 Å². The molecule has 11 heteroatoms. The minimum atomic E-state index is -4.41. The highest BCUT2D eigenvalue weighted by atomic mass is 35.5. The minimum Gasteiger partial charge on any atom is -0.258 e. The summed E-state index contributed by atoms with van der Waals surface area (Å²) < 4.78 is 38.2. The molecule has 0 N–H and O–H groups in total. The zero-order valence-corrected chi connectivity index (χ0v) is 12.5. The molecule has 0 aliphatic carbocycles. The van der Waals surface area contributed by atoms with E-state index in [9.17, 15) is 33.0 Å². The number of benzene rings is 2. The van der Waals surface area contributed by atoms with Crippen LogP contribution in [0.15, 0.2) is 46.2 Å². The van der Waals surface area contributed by atoms with Crippen molar-refractivity contribution in [2.45, 2.75) is 9.79 Å². The molecule has 0 aliphatic rings. The molecule has 0 saturated carbocycles. The van der Waals surface area contributed by atoms with Crippen molar-refractivity contribution in [3.8, 4) is 0 Å². The van der Waals surface area contributed by atoms with Crippen LogP contribution in [0, 0.1) is 26.0 Å². The van der Waals surface area contributed by atoms with Crippen molar-refractivity contribution in [2.75, 3.05) is 0 Å². The van der Waals surface area contributed by atoms with E-state index >= 15 is 0 Å². The molecule has 0 heterocycles. The Balaban J connectivity index is 2.68. The lowest BCUT2D eigenvalue weighted by atomic mass is 10.3. The zero-order valence-electron chi connectivity index (χ0n) is 11.0. The van der Waals surface area contributed by atoms with Crippen LogP contribution >= 0.6 is 11.6 Å². The number of halogens is 2. The van der Waals surface area contributed by atoms with Gasteiger partial charge in [0.25, 0.3) is 5.69 Å². The molecule has 0 amide bonds. The van der Waals surface area contributed by atoms with E-state index < -0.39 is 46.7 Å². The monoisotopic (exact) mass is 360 g/mol. The molecule has 0 unspecified atom stereocenters. The Labute approximate surface area is 133 Å². The second-order valence-corrected chi connectivity index (χ2v) is 6.57. The van der Waals surface area contributed by atoms with E-state index in [4.69, 9.17) is 11.6 Å². The van der Waals surface area contributed by atoms with Crippen LogP contribution in [0.1, 0.15) is 0 Å². The Kier molecular flexibility index (Phi) is 4.30. The first-order valence-electron chi connectivity index (χ1n) is 5.77. The third-order valence-corrected chi connectivity index (χ3v) is 5.07. The largest absolute Gasteiger partial charge is 0.306 e. The van der Waals surface area contributed by atoms with Gasteiger partial charge in [-0.3, -0.25) is 20.2 Å². The smallest absolute Gasteiger partial charge is 0.258 e. The number of nitrogens with zero attached hydrogens (tertiary/aromatic N) is 2. The Morgan fingerprint density at radius 3 is 2.22 bits per heavy atom. The van der Waals surface area contributed by atoms with Crippen LogP contribution in [0.2, 0.25) is 5.02 Å². The van der Waals surface area contributed by atoms with Crippen molar-refractivity contribution in [3.05, 3.63) is 67.5 Å². The highest BCUT2D eigenvalue weighted by Crippen LogP contribution is 2.32. The van der Waals surface area contributed by atoms with Crippen molar-refractivity contribution in [1.29, 1.82) is 0 Å². The number of non-ortho nitro benzene ring substituents is 1. The first kappa shape index (κ1) is 16.8. The Hall–Kier alpha value is -2.59. The Morgan fingerprint density at radius 1 is 1.00 bits per heavy atom. The van der Waals surface area contributed by atoms with Gasteiger partial charge in [-0.15, -0.1) is 0 Å². The molecule has 0 radical (unpaired) electrons. The maximum atomic E-state index is 13.3. The van der Waals surface area contributed by atoms with Crippen LogP contribution in [0.4, 0.5) is 15.8 Å². The van der Waals surface area contributed by atoms with Crippen LogP contribution < -0.4 is 0 Å². The number of nitro groups is 2. The Bertz CT molecular complexity index is 931. The van der Waals surface area contributed by atoms with Crippen LogP contribution in [-0.2, 0) is 9.84 Å². The minimum absolute atomic E-state index is 0.303. The zero-order chi connectivity index (χ0) is 17.4. The molecule has 120 valence electrons. The molecule has 23 heavy (non-hydrogen) atoms. The van der Waals surface area contributed by atoms with E-state index in [1.54, 1.807) is 0 Å². The number of nitro benzene ring substituents is 2. The van der Waals surface area contributed by atoms with E-state index in [0.29, 0.717) is 12.1 Å². The molecule has 0 aromatic heterocycles. The normalized spacial score (nSPS) is 11.2. The fourth-order valence-corrected chi connectivity index (χ4v) is 3.53. The van der Waals surface area contributed by atoms with E-state index in [2.05, 4.69) is 0 Å². The first-order valence-corrected chi connectivity index (χ1v) is 7.63. The molecule has 2 aromatic rings. The molecular formula is C12H6ClFN2O6S. The average molecular weight is 361 g/mol. The van der Waals surface area contributed by atoms with Gasteiger partial charge in [0.2, 0.25) is 15.7 Å². The van der Waals surface area contributed by atoms with E-state index in [-0.39, 0.29) is 5.02 Å². The van der Waals surface area contributed by atoms with Crippen molar-refractivity contribution in [3.63, 3.8) is 0 Å². The van der Waals surface area contributed by atoms with Crippen molar-refractivity contribution >= 4 is 32.8 Å². The van der Waals surface area contributed by atoms with E-state index in [0.717, 1.165) is 24.3 Å². The summed E-state index contributed by atoms with van der Waals surface area (Å²) in [4.78, 5) is 18.3. The molecule has 0 fully saturated rings. The highest BCUT2D eigenvalue weighted by molar-refractivity contribution is 7.91. The summed E-state index contributed by atoms with van der Waals surface area (Å²) in [5.74, 6) is -1.21. The van der Waals surface area contributed by atoms with Crippen LogP contribution in [0.25, 0.3) is 0 Å². The topological polar surface area (TPSA) is 120 Å². The van der Waals surface area contributed by atoms with Gasteiger partial charge in [-0.2, -0.15) is 4.39 Å². The van der Waals surface area contributed by atoms with Gasteiger partial charge in [-0.05, 0) is 18.2 Å². The van der Waals surface area contributed by atoms with Gasteiger partial charge in [0, 0.05) is 18.2 Å². The van der Waals surface area contributed by atoms with Gasteiger partial charge < -0.3 is 0 Å². The van der Waals surface area contributed by atoms with Crippen LogP contribution in [0.5, 0.6) is 0 Å². The maximum Gasteiger partial charge on any atom is 0.306 e. The summed E-state index contributed by atoms with van der Waals surface area (Å²) in [6.45, 7) is 0. The fourth-order valence-electron chi connectivity index (χ4n) is 1.74. The molecule has 2 aromatic carbocycles. The molecular weight excluding hydrogens is 355 g/mol. The lowest BCUT2D eigenvalue weighted by Gasteiger charge is -2.07. The summed E-state index contributed by atoms with van der Waals surface area (Å²) in [7, 11) is -4.41. The molecule has 2 rings (SSSR count). The second-order valence-electron chi connectivity index (χ2n) is 4.25. The number of rotatable bonds is 4. The lowest BCUT2D eigenvalue weighted by Crippen LogP contribution is -2.05. The van der Waals surface area contributed by atoms with E-state index in [1.807, 2.05) is 0 Å². The van der Waals surface area contributed by atoms with Gasteiger partial charge >= 0.3 is 5.69 Å². The summed E-state index contributed by atoms with van der Waals surface area (Å²) in [5.41, 5.74) is -1.56. The number of hydrogen-bond acceptors (Lipinski definition) is 6. The van der Waals surface area contributed by atoms with Crippen LogP contribution in [0.3, 0.4) is 0 Å². The van der Waals surface area contributed by atoms with Gasteiger partial charge in [0.05, 0.1) is 24.7 Å². The predicted octanol–water partition coefficient (Wildman–Crippen LogP) is 3.13. The van der Waals surface area contributed by atoms with Gasteiger partial charge in [0.15, 0.2) is 0 Å². The number of hydrogen-bond donors (Lipinski definition) is 0. The second kappa shape index (κ2) is 5.89. The van der Waals surface area contributed by atoms with Crippen molar-refractivity contribution in [1.82, 2.24) is 0 Å². The summed E-state index contributed by atoms with van der Waals surface area (Å²) in [6.07, 6.45) is 0. The highest BCUT2D eigenvalue weighted by Gasteiger charge is 2.27. The summed E-state index contributed by atoms with van der Waals surface area (Å²) in [5, 5.41) is 21.1. The fraction of sp³-hybridized carbons (Fsp3) is 0. The summed E-state index contributed by atoms with van der Waals surface area (Å²) >= 11 is 5.76. The lowest BCUT2D eigenvalue weighted by molar-refractivity contribution is -0.387. The van der Waals surface area contributed by atoms with E-state index in [1.165, 1.54) is 0 Å². The molecule has 0 bridgehead atoms. The van der Waals surface area contributed by atoms with Gasteiger partial charge in [-0.1, -0.05) is 11.6 Å². The van der Waals surface area contributed by atoms with Gasteiger partial charge in [0.1, 0.15) is 0 Å².